The molecule has 0 aliphatic carbocycles. The molecule has 18 heavy (non-hydrogen) atoms. The van der Waals surface area contributed by atoms with Crippen LogP contribution in [0, 0.1) is 0 Å². The summed E-state index contributed by atoms with van der Waals surface area (Å²) >= 11 is 0. The van der Waals surface area contributed by atoms with Gasteiger partial charge in [-0.3, -0.25) is 4.79 Å². The average Bonchev–Trinajstić information content (AvgIpc) is 2.33. The minimum atomic E-state index is -0.892. The van der Waals surface area contributed by atoms with E-state index in [0.29, 0.717) is 12.0 Å². The molecule has 98 valence electrons. The fourth-order valence-electron chi connectivity index (χ4n) is 1.89. The summed E-state index contributed by atoms with van der Waals surface area (Å²) in [5.41, 5.74) is 1.21. The molecular weight excluding hydrogens is 232 g/mol. The second-order valence-corrected chi connectivity index (χ2v) is 4.27. The van der Waals surface area contributed by atoms with Crippen molar-refractivity contribution in [3.63, 3.8) is 0 Å². The predicted molar refractivity (Wildman–Crippen MR) is 67.8 cm³/mol. The average molecular weight is 250 g/mol. The van der Waals surface area contributed by atoms with Crippen LogP contribution >= 0.6 is 0 Å². The molecular formula is C14H18O4. The number of benzene rings is 1. The molecule has 0 fully saturated rings. The Balaban J connectivity index is 2.31. The Labute approximate surface area is 106 Å². The molecule has 0 aliphatic heterocycles. The van der Waals surface area contributed by atoms with Crippen molar-refractivity contribution in [1.82, 2.24) is 0 Å². The van der Waals surface area contributed by atoms with Crippen molar-refractivity contribution in [3.8, 4) is 0 Å². The van der Waals surface area contributed by atoms with Gasteiger partial charge in [0, 0.05) is 6.42 Å². The molecule has 0 heterocycles. The number of rotatable bonds is 8. The molecule has 0 aromatic heterocycles. The molecule has 0 unspecified atom stereocenters. The quantitative estimate of drug-likeness (QED) is 0.695. The SMILES string of the molecule is O=C(O)CCCCCCc1ccccc1C(=O)O. The van der Waals surface area contributed by atoms with E-state index < -0.39 is 11.9 Å². The normalized spacial score (nSPS) is 10.2. The van der Waals surface area contributed by atoms with Crippen molar-refractivity contribution in [2.75, 3.05) is 0 Å². The van der Waals surface area contributed by atoms with Gasteiger partial charge in [0.1, 0.15) is 0 Å². The van der Waals surface area contributed by atoms with Crippen molar-refractivity contribution >= 4 is 11.9 Å². The van der Waals surface area contributed by atoms with Crippen molar-refractivity contribution in [1.29, 1.82) is 0 Å². The predicted octanol–water partition coefficient (Wildman–Crippen LogP) is 2.96. The summed E-state index contributed by atoms with van der Waals surface area (Å²) < 4.78 is 0. The molecule has 1 aromatic carbocycles. The summed E-state index contributed by atoms with van der Waals surface area (Å²) in [6.45, 7) is 0. The van der Waals surface area contributed by atoms with E-state index >= 15 is 0 Å². The second kappa shape index (κ2) is 7.48. The number of aromatic carboxylic acids is 1. The standard InChI is InChI=1S/C14H18O4/c15-13(16)10-4-2-1-3-7-11-8-5-6-9-12(11)14(17)18/h5-6,8-9H,1-4,7,10H2,(H,15,16)(H,17,18). The number of carboxylic acids is 2. The van der Waals surface area contributed by atoms with Crippen molar-refractivity contribution < 1.29 is 19.8 Å². The molecule has 4 nitrogen and oxygen atoms in total. The van der Waals surface area contributed by atoms with Crippen molar-refractivity contribution in [2.45, 2.75) is 38.5 Å². The maximum atomic E-state index is 11.0. The van der Waals surface area contributed by atoms with Gasteiger partial charge >= 0.3 is 11.9 Å². The zero-order chi connectivity index (χ0) is 13.4. The van der Waals surface area contributed by atoms with Crippen molar-refractivity contribution in [3.05, 3.63) is 35.4 Å². The Morgan fingerprint density at radius 2 is 1.61 bits per heavy atom. The third-order valence-corrected chi connectivity index (χ3v) is 2.83. The van der Waals surface area contributed by atoms with Gasteiger partial charge in [0.2, 0.25) is 0 Å². The van der Waals surface area contributed by atoms with E-state index in [1.807, 2.05) is 12.1 Å². The molecule has 0 atom stereocenters. The lowest BCUT2D eigenvalue weighted by molar-refractivity contribution is -0.137. The van der Waals surface area contributed by atoms with Gasteiger partial charge in [0.15, 0.2) is 0 Å². The minimum absolute atomic E-state index is 0.214. The van der Waals surface area contributed by atoms with Crippen LogP contribution in [-0.2, 0) is 11.2 Å². The fourth-order valence-corrected chi connectivity index (χ4v) is 1.89. The Morgan fingerprint density at radius 1 is 0.944 bits per heavy atom. The van der Waals surface area contributed by atoms with E-state index in [9.17, 15) is 9.59 Å². The molecule has 0 aliphatic rings. The molecule has 1 rings (SSSR count). The van der Waals surface area contributed by atoms with E-state index in [1.54, 1.807) is 12.1 Å². The molecule has 0 spiro atoms. The van der Waals surface area contributed by atoms with Gasteiger partial charge in [0.05, 0.1) is 5.56 Å². The number of carboxylic acid groups (broad SMARTS) is 2. The molecule has 1 aromatic rings. The summed E-state index contributed by atoms with van der Waals surface area (Å²) in [4.78, 5) is 21.3. The van der Waals surface area contributed by atoms with Crippen LogP contribution in [0.25, 0.3) is 0 Å². The number of aryl methyl sites for hydroxylation is 1. The summed E-state index contributed by atoms with van der Waals surface area (Å²) in [5, 5.41) is 17.5. The van der Waals surface area contributed by atoms with Crippen LogP contribution in [0.5, 0.6) is 0 Å². The van der Waals surface area contributed by atoms with E-state index in [4.69, 9.17) is 10.2 Å². The maximum Gasteiger partial charge on any atom is 0.335 e. The highest BCUT2D eigenvalue weighted by molar-refractivity contribution is 5.89. The smallest absolute Gasteiger partial charge is 0.335 e. The number of aliphatic carboxylic acids is 1. The Bertz CT molecular complexity index is 412. The fraction of sp³-hybridized carbons (Fsp3) is 0.429. The van der Waals surface area contributed by atoms with Crippen LogP contribution in [-0.4, -0.2) is 22.2 Å². The largest absolute Gasteiger partial charge is 0.481 e. The van der Waals surface area contributed by atoms with Crippen molar-refractivity contribution in [2.24, 2.45) is 0 Å². The third-order valence-electron chi connectivity index (χ3n) is 2.83. The van der Waals surface area contributed by atoms with E-state index in [2.05, 4.69) is 0 Å². The van der Waals surface area contributed by atoms with Crippen LogP contribution in [0.3, 0.4) is 0 Å². The molecule has 0 saturated carbocycles. The van der Waals surface area contributed by atoms with Crippen LogP contribution < -0.4 is 0 Å². The topological polar surface area (TPSA) is 74.6 Å². The highest BCUT2D eigenvalue weighted by atomic mass is 16.4. The van der Waals surface area contributed by atoms with Gasteiger partial charge in [-0.05, 0) is 30.9 Å². The molecule has 0 bridgehead atoms. The monoisotopic (exact) mass is 250 g/mol. The molecule has 4 heteroatoms. The summed E-state index contributed by atoms with van der Waals surface area (Å²) in [7, 11) is 0. The van der Waals surface area contributed by atoms with Gasteiger partial charge in [-0.15, -0.1) is 0 Å². The maximum absolute atomic E-state index is 11.0. The number of hydrogen-bond acceptors (Lipinski definition) is 2. The van der Waals surface area contributed by atoms with Gasteiger partial charge in [-0.2, -0.15) is 0 Å². The Morgan fingerprint density at radius 3 is 2.28 bits per heavy atom. The first kappa shape index (κ1) is 14.2. The Kier molecular flexibility index (Phi) is 5.91. The summed E-state index contributed by atoms with van der Waals surface area (Å²) in [6.07, 6.45) is 4.34. The van der Waals surface area contributed by atoms with Gasteiger partial charge in [-0.25, -0.2) is 4.79 Å². The zero-order valence-electron chi connectivity index (χ0n) is 10.3. The van der Waals surface area contributed by atoms with Crippen LogP contribution in [0.1, 0.15) is 48.0 Å². The van der Waals surface area contributed by atoms with E-state index in [0.717, 1.165) is 31.2 Å². The first-order valence-electron chi connectivity index (χ1n) is 6.14. The third kappa shape index (κ3) is 4.99. The summed E-state index contributed by atoms with van der Waals surface area (Å²) in [6, 6.07) is 7.01. The molecule has 0 amide bonds. The summed E-state index contributed by atoms with van der Waals surface area (Å²) in [5.74, 6) is -1.65. The number of hydrogen-bond donors (Lipinski definition) is 2. The molecule has 2 N–H and O–H groups in total. The lowest BCUT2D eigenvalue weighted by atomic mass is 10.0. The second-order valence-electron chi connectivity index (χ2n) is 4.27. The molecule has 0 radical (unpaired) electrons. The lowest BCUT2D eigenvalue weighted by Gasteiger charge is -2.05. The van der Waals surface area contributed by atoms with Crippen LogP contribution in [0.4, 0.5) is 0 Å². The van der Waals surface area contributed by atoms with Gasteiger partial charge < -0.3 is 10.2 Å². The Hall–Kier alpha value is -1.84. The number of unbranched alkanes of at least 4 members (excludes halogenated alkanes) is 3. The zero-order valence-corrected chi connectivity index (χ0v) is 10.3. The van der Waals surface area contributed by atoms with Gasteiger partial charge in [0.25, 0.3) is 0 Å². The minimum Gasteiger partial charge on any atom is -0.481 e. The van der Waals surface area contributed by atoms with Crippen LogP contribution in [0.2, 0.25) is 0 Å². The number of carbonyl (C=O) groups is 2. The first-order valence-corrected chi connectivity index (χ1v) is 6.14. The van der Waals surface area contributed by atoms with E-state index in [-0.39, 0.29) is 6.42 Å². The highest BCUT2D eigenvalue weighted by Gasteiger charge is 2.08. The lowest BCUT2D eigenvalue weighted by Crippen LogP contribution is -2.02. The highest BCUT2D eigenvalue weighted by Crippen LogP contribution is 2.13. The van der Waals surface area contributed by atoms with Crippen LogP contribution in [0.15, 0.2) is 24.3 Å². The van der Waals surface area contributed by atoms with Gasteiger partial charge in [-0.1, -0.05) is 31.0 Å². The first-order chi connectivity index (χ1) is 8.61. The molecule has 0 saturated heterocycles. The van der Waals surface area contributed by atoms with E-state index in [1.165, 1.54) is 0 Å².